The Labute approximate surface area is 174 Å². The predicted molar refractivity (Wildman–Crippen MR) is 104 cm³/mol. The summed E-state index contributed by atoms with van der Waals surface area (Å²) in [5.74, 6) is -2.39. The van der Waals surface area contributed by atoms with Gasteiger partial charge in [0.05, 0.1) is 10.6 Å². The second kappa shape index (κ2) is 8.19. The SMILES string of the molecule is O=C(O)c1ccc(NS(=O)(=O)c2cccc(-c3ccc(OC(F)(F)F)cc3)c2)cc1O. The van der Waals surface area contributed by atoms with Crippen LogP contribution in [0.2, 0.25) is 0 Å². The smallest absolute Gasteiger partial charge is 0.507 e. The molecule has 0 aromatic heterocycles. The minimum Gasteiger partial charge on any atom is -0.507 e. The lowest BCUT2D eigenvalue weighted by atomic mass is 10.1. The van der Waals surface area contributed by atoms with Crippen LogP contribution in [0.4, 0.5) is 18.9 Å². The van der Waals surface area contributed by atoms with Gasteiger partial charge in [-0.1, -0.05) is 24.3 Å². The Morgan fingerprint density at radius 3 is 2.19 bits per heavy atom. The van der Waals surface area contributed by atoms with Gasteiger partial charge in [-0.15, -0.1) is 13.2 Å². The lowest BCUT2D eigenvalue weighted by molar-refractivity contribution is -0.274. The summed E-state index contributed by atoms with van der Waals surface area (Å²) in [6, 6.07) is 13.8. The molecule has 0 unspecified atom stereocenters. The predicted octanol–water partition coefficient (Wildman–Crippen LogP) is 4.46. The largest absolute Gasteiger partial charge is 0.573 e. The van der Waals surface area contributed by atoms with Crippen LogP contribution in [0.1, 0.15) is 10.4 Å². The minimum absolute atomic E-state index is 0.0541. The molecule has 0 saturated carbocycles. The maximum absolute atomic E-state index is 12.7. The zero-order valence-corrected chi connectivity index (χ0v) is 16.2. The highest BCUT2D eigenvalue weighted by molar-refractivity contribution is 7.92. The summed E-state index contributed by atoms with van der Waals surface area (Å²) in [4.78, 5) is 10.8. The van der Waals surface area contributed by atoms with E-state index in [9.17, 15) is 31.5 Å². The van der Waals surface area contributed by atoms with E-state index in [2.05, 4.69) is 9.46 Å². The molecule has 0 aliphatic heterocycles. The number of hydrogen-bond acceptors (Lipinski definition) is 5. The summed E-state index contributed by atoms with van der Waals surface area (Å²) in [5.41, 5.74) is 0.435. The Bertz CT molecular complexity index is 1220. The summed E-state index contributed by atoms with van der Waals surface area (Å²) in [6.45, 7) is 0. The van der Waals surface area contributed by atoms with E-state index in [1.807, 2.05) is 0 Å². The number of rotatable bonds is 6. The van der Waals surface area contributed by atoms with Crippen LogP contribution in [-0.4, -0.2) is 31.0 Å². The van der Waals surface area contributed by atoms with Crippen LogP contribution < -0.4 is 9.46 Å². The Morgan fingerprint density at radius 1 is 0.935 bits per heavy atom. The van der Waals surface area contributed by atoms with Crippen LogP contribution in [0.3, 0.4) is 0 Å². The molecule has 162 valence electrons. The number of alkyl halides is 3. The van der Waals surface area contributed by atoms with Crippen LogP contribution in [0.25, 0.3) is 11.1 Å². The molecule has 0 atom stereocenters. The van der Waals surface area contributed by atoms with E-state index in [1.165, 1.54) is 36.4 Å². The quantitative estimate of drug-likeness (QED) is 0.508. The number of nitrogens with one attached hydrogen (secondary N) is 1. The van der Waals surface area contributed by atoms with E-state index in [0.717, 1.165) is 24.3 Å². The molecule has 0 heterocycles. The monoisotopic (exact) mass is 453 g/mol. The fraction of sp³-hybridized carbons (Fsp3) is 0.0500. The van der Waals surface area contributed by atoms with Crippen LogP contribution in [0.5, 0.6) is 11.5 Å². The highest BCUT2D eigenvalue weighted by Crippen LogP contribution is 2.29. The minimum atomic E-state index is -4.82. The molecule has 0 amide bonds. The number of aromatic carboxylic acids is 1. The molecule has 3 N–H and O–H groups in total. The number of carbonyl (C=O) groups is 1. The molecule has 3 aromatic carbocycles. The topological polar surface area (TPSA) is 113 Å². The summed E-state index contributed by atoms with van der Waals surface area (Å²) >= 11 is 0. The summed E-state index contributed by atoms with van der Waals surface area (Å²) in [6.07, 6.45) is -4.82. The van der Waals surface area contributed by atoms with Gasteiger partial charge in [-0.2, -0.15) is 0 Å². The summed E-state index contributed by atoms with van der Waals surface area (Å²) in [7, 11) is -4.11. The maximum atomic E-state index is 12.7. The highest BCUT2D eigenvalue weighted by atomic mass is 32.2. The summed E-state index contributed by atoms with van der Waals surface area (Å²) < 4.78 is 68.2. The van der Waals surface area contributed by atoms with E-state index >= 15 is 0 Å². The molecule has 0 fully saturated rings. The molecular weight excluding hydrogens is 439 g/mol. The Morgan fingerprint density at radius 2 is 1.61 bits per heavy atom. The lowest BCUT2D eigenvalue weighted by Crippen LogP contribution is -2.16. The van der Waals surface area contributed by atoms with E-state index < -0.39 is 33.9 Å². The summed E-state index contributed by atoms with van der Waals surface area (Å²) in [5, 5.41) is 18.6. The fourth-order valence-corrected chi connectivity index (χ4v) is 3.78. The van der Waals surface area contributed by atoms with Crippen molar-refractivity contribution in [2.75, 3.05) is 4.72 Å². The molecule has 11 heteroatoms. The van der Waals surface area contributed by atoms with Crippen molar-refractivity contribution in [2.45, 2.75) is 11.3 Å². The molecule has 31 heavy (non-hydrogen) atoms. The molecule has 0 aliphatic rings. The Hall–Kier alpha value is -3.73. The lowest BCUT2D eigenvalue weighted by Gasteiger charge is -2.11. The van der Waals surface area contributed by atoms with Crippen LogP contribution in [-0.2, 0) is 10.0 Å². The highest BCUT2D eigenvalue weighted by Gasteiger charge is 2.31. The molecular formula is C20H14F3NO6S. The molecule has 3 aromatic rings. The first kappa shape index (κ1) is 22.0. The molecule has 0 bridgehead atoms. The van der Waals surface area contributed by atoms with E-state index in [-0.39, 0.29) is 16.1 Å². The molecule has 0 saturated heterocycles. The third-order valence-corrected chi connectivity index (χ3v) is 5.42. The van der Waals surface area contributed by atoms with Crippen molar-refractivity contribution in [2.24, 2.45) is 0 Å². The van der Waals surface area contributed by atoms with Crippen molar-refractivity contribution in [3.05, 3.63) is 72.3 Å². The van der Waals surface area contributed by atoms with Crippen molar-refractivity contribution in [1.82, 2.24) is 0 Å². The van der Waals surface area contributed by atoms with Crippen LogP contribution >= 0.6 is 0 Å². The van der Waals surface area contributed by atoms with Gasteiger partial charge in [0.15, 0.2) is 0 Å². The van der Waals surface area contributed by atoms with Crippen molar-refractivity contribution >= 4 is 21.7 Å². The number of carboxylic acid groups (broad SMARTS) is 1. The molecule has 3 rings (SSSR count). The van der Waals surface area contributed by atoms with Gasteiger partial charge >= 0.3 is 12.3 Å². The second-order valence-electron chi connectivity index (χ2n) is 6.24. The molecule has 0 spiro atoms. The average Bonchev–Trinajstić information content (AvgIpc) is 2.67. The number of hydrogen-bond donors (Lipinski definition) is 3. The third-order valence-electron chi connectivity index (χ3n) is 4.05. The Balaban J connectivity index is 1.85. The van der Waals surface area contributed by atoms with Crippen LogP contribution in [0, 0.1) is 0 Å². The van der Waals surface area contributed by atoms with Crippen LogP contribution in [0.15, 0.2) is 71.6 Å². The van der Waals surface area contributed by atoms with Gasteiger partial charge in [-0.3, -0.25) is 4.72 Å². The number of benzene rings is 3. The number of aromatic hydroxyl groups is 1. The maximum Gasteiger partial charge on any atom is 0.573 e. The van der Waals surface area contributed by atoms with Crippen molar-refractivity contribution in [1.29, 1.82) is 0 Å². The van der Waals surface area contributed by atoms with Gasteiger partial charge in [0.2, 0.25) is 0 Å². The molecule has 0 radical (unpaired) electrons. The number of anilines is 1. The van der Waals surface area contributed by atoms with Gasteiger partial charge in [-0.25, -0.2) is 13.2 Å². The van der Waals surface area contributed by atoms with Gasteiger partial charge in [0.25, 0.3) is 10.0 Å². The number of ether oxygens (including phenoxy) is 1. The molecule has 7 nitrogen and oxygen atoms in total. The zero-order chi connectivity index (χ0) is 22.8. The standard InChI is InChI=1S/C20H14F3NO6S/c21-20(22,23)30-15-7-4-12(5-8-15)13-2-1-3-16(10-13)31(28,29)24-14-6-9-17(19(26)27)18(25)11-14/h1-11,24-25H,(H,26,27). The average molecular weight is 453 g/mol. The second-order valence-corrected chi connectivity index (χ2v) is 7.92. The first-order valence-corrected chi connectivity index (χ1v) is 9.98. The van der Waals surface area contributed by atoms with Gasteiger partial charge < -0.3 is 14.9 Å². The fourth-order valence-electron chi connectivity index (χ4n) is 2.68. The van der Waals surface area contributed by atoms with Crippen molar-refractivity contribution in [3.8, 4) is 22.6 Å². The van der Waals surface area contributed by atoms with Gasteiger partial charge in [0.1, 0.15) is 17.1 Å². The normalized spacial score (nSPS) is 11.7. The van der Waals surface area contributed by atoms with Gasteiger partial charge in [-0.05, 0) is 47.5 Å². The first-order chi connectivity index (χ1) is 14.4. The number of phenols is 1. The van der Waals surface area contributed by atoms with Crippen molar-refractivity contribution in [3.63, 3.8) is 0 Å². The van der Waals surface area contributed by atoms with Gasteiger partial charge in [0, 0.05) is 6.07 Å². The third kappa shape index (κ3) is 5.45. The molecule has 0 aliphatic carbocycles. The Kier molecular flexibility index (Phi) is 5.80. The van der Waals surface area contributed by atoms with E-state index in [1.54, 1.807) is 6.07 Å². The number of carboxylic acids is 1. The van der Waals surface area contributed by atoms with E-state index in [0.29, 0.717) is 11.1 Å². The number of halogens is 3. The first-order valence-electron chi connectivity index (χ1n) is 8.50. The zero-order valence-electron chi connectivity index (χ0n) is 15.4. The van der Waals surface area contributed by atoms with E-state index in [4.69, 9.17) is 5.11 Å². The number of sulfonamides is 1. The van der Waals surface area contributed by atoms with Crippen molar-refractivity contribution < 1.29 is 41.3 Å².